The SMILES string of the molecule is [11CH3]C(=O)C(=O)O. The third-order valence-corrected chi connectivity index (χ3v) is 0.301. The number of carboxylic acids is 1. The highest BCUT2D eigenvalue weighted by atomic mass is 16.4. The van der Waals surface area contributed by atoms with E-state index in [0.29, 0.717) is 0 Å². The monoisotopic (exact) mass is 87.0 g/mol. The number of Topliss-reactive ketones (excluding diaryl/α,β-unsaturated/α-hetero) is 1. The zero-order valence-corrected chi connectivity index (χ0v) is 3.26. The third-order valence-electron chi connectivity index (χ3n) is 0.301. The summed E-state index contributed by atoms with van der Waals surface area (Å²) in [5, 5.41) is 7.64. The maximum Gasteiger partial charge on any atom is 0.371 e. The Labute approximate surface area is 34.6 Å². The molecule has 0 aromatic heterocycles. The van der Waals surface area contributed by atoms with Gasteiger partial charge in [-0.25, -0.2) is 4.79 Å². The standard InChI is InChI=1S/C3H4O3/c1-2(4)3(5)6/h1H3,(H,5,6)/i1-1. The van der Waals surface area contributed by atoms with E-state index in [1.54, 1.807) is 0 Å². The zero-order valence-electron chi connectivity index (χ0n) is 3.26. The number of carbonyl (C=O) groups excluding carboxylic acids is 1. The molecule has 1 N–H and O–H groups in total. The van der Waals surface area contributed by atoms with Crippen LogP contribution in [0.15, 0.2) is 0 Å². The summed E-state index contributed by atoms with van der Waals surface area (Å²) < 4.78 is 0. The number of hydrogen-bond acceptors (Lipinski definition) is 2. The lowest BCUT2D eigenvalue weighted by Gasteiger charge is -1.73. The van der Waals surface area contributed by atoms with Gasteiger partial charge in [0.2, 0.25) is 5.78 Å². The van der Waals surface area contributed by atoms with Gasteiger partial charge in [-0.15, -0.1) is 0 Å². The van der Waals surface area contributed by atoms with E-state index in [9.17, 15) is 9.59 Å². The van der Waals surface area contributed by atoms with E-state index in [-0.39, 0.29) is 0 Å². The number of carbonyl (C=O) groups is 2. The molecule has 0 aliphatic carbocycles. The van der Waals surface area contributed by atoms with Crippen LogP contribution in [-0.2, 0) is 9.59 Å². The summed E-state index contributed by atoms with van der Waals surface area (Å²) in [6, 6.07) is 0. The van der Waals surface area contributed by atoms with Crippen LogP contribution in [0, 0.1) is 0 Å². The average molecular weight is 87.1 g/mol. The normalized spacial score (nSPS) is 7.50. The summed E-state index contributed by atoms with van der Waals surface area (Å²) in [7, 11) is 0. The second-order valence-corrected chi connectivity index (χ2v) is 0.861. The molecule has 0 amide bonds. The molecule has 3 nitrogen and oxygen atoms in total. The summed E-state index contributed by atoms with van der Waals surface area (Å²) in [5.41, 5.74) is 0. The van der Waals surface area contributed by atoms with Gasteiger partial charge in [-0.1, -0.05) is 0 Å². The Balaban J connectivity index is 3.57. The Morgan fingerprint density at radius 2 is 1.67 bits per heavy atom. The highest BCUT2D eigenvalue weighted by Crippen LogP contribution is 1.61. The van der Waals surface area contributed by atoms with Crippen LogP contribution in [0.2, 0.25) is 0 Å². The van der Waals surface area contributed by atoms with Gasteiger partial charge >= 0.3 is 5.97 Å². The molecule has 0 atom stereocenters. The smallest absolute Gasteiger partial charge is 0.371 e. The molecule has 0 aromatic rings. The Morgan fingerprint density at radius 3 is 1.67 bits per heavy atom. The van der Waals surface area contributed by atoms with Crippen molar-refractivity contribution in [3.63, 3.8) is 0 Å². The van der Waals surface area contributed by atoms with Crippen molar-refractivity contribution in [3.8, 4) is 0 Å². The van der Waals surface area contributed by atoms with Crippen molar-refractivity contribution in [2.75, 3.05) is 0 Å². The molecular formula is C3H4O3. The minimum absolute atomic E-state index is 0.824. The van der Waals surface area contributed by atoms with E-state index in [4.69, 9.17) is 5.11 Å². The van der Waals surface area contributed by atoms with Crippen molar-refractivity contribution in [2.45, 2.75) is 6.92 Å². The molecule has 0 fully saturated rings. The molecule has 0 saturated carbocycles. The van der Waals surface area contributed by atoms with Gasteiger partial charge in [-0.05, 0) is 0 Å². The fourth-order valence-corrected chi connectivity index (χ4v) is 0. The van der Waals surface area contributed by atoms with Crippen molar-refractivity contribution < 1.29 is 14.7 Å². The Kier molecular flexibility index (Phi) is 1.32. The van der Waals surface area contributed by atoms with Gasteiger partial charge in [0.1, 0.15) is 0 Å². The number of hydrogen-bond donors (Lipinski definition) is 1. The lowest BCUT2D eigenvalue weighted by molar-refractivity contribution is -0.148. The fourth-order valence-electron chi connectivity index (χ4n) is 0. The molecule has 0 aromatic carbocycles. The average Bonchev–Trinajstić information content (AvgIpc) is 1.36. The van der Waals surface area contributed by atoms with Gasteiger partial charge in [0.15, 0.2) is 0 Å². The molecular weight excluding hydrogens is 83.0 g/mol. The first-order valence-corrected chi connectivity index (χ1v) is 1.38. The predicted octanol–water partition coefficient (Wildman–Crippen LogP) is -0.340. The molecule has 3 heteroatoms. The molecule has 0 unspecified atom stereocenters. The molecule has 0 aliphatic heterocycles. The quantitative estimate of drug-likeness (QED) is 0.445. The van der Waals surface area contributed by atoms with Crippen LogP contribution in [0.1, 0.15) is 6.92 Å². The second kappa shape index (κ2) is 1.55. The van der Waals surface area contributed by atoms with E-state index in [1.165, 1.54) is 0 Å². The van der Waals surface area contributed by atoms with Crippen LogP contribution in [-0.4, -0.2) is 16.9 Å². The number of carboxylic acid groups (broad SMARTS) is 1. The van der Waals surface area contributed by atoms with E-state index < -0.39 is 11.8 Å². The van der Waals surface area contributed by atoms with Gasteiger partial charge in [0.25, 0.3) is 0 Å². The summed E-state index contributed by atoms with van der Waals surface area (Å²) in [5.74, 6) is -2.20. The first kappa shape index (κ1) is 5.14. The topological polar surface area (TPSA) is 54.4 Å². The van der Waals surface area contributed by atoms with Crippen molar-refractivity contribution in [2.24, 2.45) is 0 Å². The molecule has 6 heavy (non-hydrogen) atoms. The summed E-state index contributed by atoms with van der Waals surface area (Å²) in [6.45, 7) is 1.00. The highest BCUT2D eigenvalue weighted by Gasteiger charge is 1.98. The van der Waals surface area contributed by atoms with Crippen LogP contribution in [0.3, 0.4) is 0 Å². The zero-order chi connectivity index (χ0) is 5.15. The maximum absolute atomic E-state index is 9.54. The summed E-state index contributed by atoms with van der Waals surface area (Å²) in [4.78, 5) is 18.9. The van der Waals surface area contributed by atoms with Gasteiger partial charge in [0, 0.05) is 6.92 Å². The van der Waals surface area contributed by atoms with Crippen LogP contribution in [0.4, 0.5) is 0 Å². The number of rotatable bonds is 1. The van der Waals surface area contributed by atoms with Crippen molar-refractivity contribution in [1.29, 1.82) is 0 Å². The molecule has 0 spiro atoms. The van der Waals surface area contributed by atoms with Gasteiger partial charge in [-0.3, -0.25) is 4.79 Å². The van der Waals surface area contributed by atoms with Crippen molar-refractivity contribution in [3.05, 3.63) is 0 Å². The van der Waals surface area contributed by atoms with Gasteiger partial charge in [-0.2, -0.15) is 0 Å². The number of ketones is 1. The van der Waals surface area contributed by atoms with Crippen molar-refractivity contribution >= 4 is 11.8 Å². The fraction of sp³-hybridized carbons (Fsp3) is 0.333. The second-order valence-electron chi connectivity index (χ2n) is 0.861. The van der Waals surface area contributed by atoms with Crippen LogP contribution in [0.5, 0.6) is 0 Å². The predicted molar refractivity (Wildman–Crippen MR) is 18.3 cm³/mol. The van der Waals surface area contributed by atoms with Crippen LogP contribution >= 0.6 is 0 Å². The first-order chi connectivity index (χ1) is 2.64. The van der Waals surface area contributed by atoms with Crippen LogP contribution < -0.4 is 0 Å². The van der Waals surface area contributed by atoms with E-state index in [2.05, 4.69) is 0 Å². The molecule has 0 bridgehead atoms. The molecule has 0 aliphatic rings. The van der Waals surface area contributed by atoms with E-state index in [1.807, 2.05) is 0 Å². The van der Waals surface area contributed by atoms with Crippen LogP contribution in [0.25, 0.3) is 0 Å². The largest absolute Gasteiger partial charge is 0.476 e. The molecule has 0 heterocycles. The Bertz CT molecular complexity index is 72.0. The first-order valence-electron chi connectivity index (χ1n) is 1.38. The van der Waals surface area contributed by atoms with Gasteiger partial charge < -0.3 is 5.11 Å². The Hall–Kier alpha value is -0.860. The third kappa shape index (κ3) is 1.46. The number of aliphatic carboxylic acids is 1. The lowest BCUT2D eigenvalue weighted by Crippen LogP contribution is -2.05. The Morgan fingerprint density at radius 1 is 1.50 bits per heavy atom. The summed E-state index contributed by atoms with van der Waals surface area (Å²) >= 11 is 0. The summed E-state index contributed by atoms with van der Waals surface area (Å²) in [6.07, 6.45) is 0. The highest BCUT2D eigenvalue weighted by molar-refractivity contribution is 6.31. The van der Waals surface area contributed by atoms with E-state index in [0.717, 1.165) is 6.92 Å². The van der Waals surface area contributed by atoms with Gasteiger partial charge in [0.05, 0.1) is 0 Å². The van der Waals surface area contributed by atoms with E-state index >= 15 is 0 Å². The molecule has 0 saturated heterocycles. The minimum Gasteiger partial charge on any atom is -0.476 e. The van der Waals surface area contributed by atoms with Crippen molar-refractivity contribution in [1.82, 2.24) is 0 Å². The minimum atomic E-state index is -1.38. The lowest BCUT2D eigenvalue weighted by atomic mass is 10.1. The molecule has 0 rings (SSSR count). The molecule has 34 valence electrons. The molecule has 0 radical (unpaired) electrons. The maximum atomic E-state index is 9.54.